The Balaban J connectivity index is 1.55. The first kappa shape index (κ1) is 20.1. The quantitative estimate of drug-likeness (QED) is 0.652. The number of aromatic nitrogens is 2. The van der Waals surface area contributed by atoms with Gasteiger partial charge in [0.2, 0.25) is 5.88 Å². The minimum atomic E-state index is 0.121. The van der Waals surface area contributed by atoms with E-state index in [1.807, 2.05) is 18.2 Å². The van der Waals surface area contributed by atoms with Crippen LogP contribution in [0.1, 0.15) is 51.5 Å². The lowest BCUT2D eigenvalue weighted by atomic mass is 9.96. The van der Waals surface area contributed by atoms with Crippen LogP contribution in [0.2, 0.25) is 0 Å². The molecular weight excluding hydrogens is 354 g/mol. The molecule has 6 heteroatoms. The third-order valence-electron chi connectivity index (χ3n) is 4.90. The Hall–Kier alpha value is -2.63. The molecule has 1 saturated heterocycles. The molecule has 1 aliphatic heterocycles. The maximum absolute atomic E-state index is 11.3. The molecule has 0 radical (unpaired) electrons. The monoisotopic (exact) mass is 383 g/mol. The topological polar surface area (TPSA) is 64.6 Å². The Morgan fingerprint density at radius 3 is 2.79 bits per heavy atom. The van der Waals surface area contributed by atoms with E-state index in [9.17, 15) is 4.79 Å². The van der Waals surface area contributed by atoms with Crippen molar-refractivity contribution in [2.24, 2.45) is 0 Å². The molecule has 0 amide bonds. The van der Waals surface area contributed by atoms with Gasteiger partial charge in [-0.2, -0.15) is 0 Å². The predicted molar refractivity (Wildman–Crippen MR) is 109 cm³/mol. The summed E-state index contributed by atoms with van der Waals surface area (Å²) < 4.78 is 11.8. The molecule has 0 N–H and O–H groups in total. The average Bonchev–Trinajstić information content (AvgIpc) is 3.15. The highest BCUT2D eigenvalue weighted by molar-refractivity contribution is 5.76. The first-order valence-corrected chi connectivity index (χ1v) is 10.0. The van der Waals surface area contributed by atoms with Gasteiger partial charge in [-0.3, -0.25) is 0 Å². The van der Waals surface area contributed by atoms with Gasteiger partial charge in [0.25, 0.3) is 0 Å². The van der Waals surface area contributed by atoms with Crippen LogP contribution in [0.15, 0.2) is 36.7 Å². The number of hydrogen-bond acceptors (Lipinski definition) is 6. The zero-order chi connectivity index (χ0) is 19.9. The molecule has 0 aliphatic carbocycles. The van der Waals surface area contributed by atoms with E-state index in [0.717, 1.165) is 43.1 Å². The van der Waals surface area contributed by atoms with Gasteiger partial charge in [0.15, 0.2) is 0 Å². The second-order valence-electron chi connectivity index (χ2n) is 7.41. The number of rotatable bonds is 9. The second kappa shape index (κ2) is 9.53. The van der Waals surface area contributed by atoms with Gasteiger partial charge in [-0.15, -0.1) is 0 Å². The van der Waals surface area contributed by atoms with E-state index in [1.54, 1.807) is 13.3 Å². The summed E-state index contributed by atoms with van der Waals surface area (Å²) in [5, 5.41) is 0. The van der Waals surface area contributed by atoms with E-state index >= 15 is 0 Å². The largest absolute Gasteiger partial charge is 0.489 e. The van der Waals surface area contributed by atoms with Gasteiger partial charge >= 0.3 is 0 Å². The summed E-state index contributed by atoms with van der Waals surface area (Å²) in [6.45, 7) is 8.11. The molecule has 0 spiro atoms. The third kappa shape index (κ3) is 5.44. The number of ketones is 1. The van der Waals surface area contributed by atoms with Gasteiger partial charge in [0.1, 0.15) is 29.8 Å². The molecule has 0 unspecified atom stereocenters. The first-order valence-electron chi connectivity index (χ1n) is 10.0. The zero-order valence-corrected chi connectivity index (χ0v) is 16.9. The van der Waals surface area contributed by atoms with Gasteiger partial charge in [0, 0.05) is 25.5 Å². The van der Waals surface area contributed by atoms with Gasteiger partial charge in [-0.05, 0) is 37.0 Å². The Morgan fingerprint density at radius 1 is 1.29 bits per heavy atom. The van der Waals surface area contributed by atoms with Crippen molar-refractivity contribution in [1.29, 1.82) is 0 Å². The van der Waals surface area contributed by atoms with Crippen LogP contribution in [0, 0.1) is 0 Å². The summed E-state index contributed by atoms with van der Waals surface area (Å²) in [6.07, 6.45) is 4.13. The summed E-state index contributed by atoms with van der Waals surface area (Å²) in [5.41, 5.74) is 1.16. The fourth-order valence-corrected chi connectivity index (χ4v) is 3.44. The van der Waals surface area contributed by atoms with E-state index in [4.69, 9.17) is 9.47 Å². The van der Waals surface area contributed by atoms with Crippen LogP contribution in [0.3, 0.4) is 0 Å². The lowest BCUT2D eigenvalue weighted by Crippen LogP contribution is -2.25. The van der Waals surface area contributed by atoms with E-state index in [0.29, 0.717) is 18.9 Å². The SMILES string of the molecule is CCCOc1cc(N2CC[C@@H](Oc3ccc([C@H](C)CC(C)=O)cc3)C2)ncn1. The standard InChI is InChI=1S/C22H29N3O3/c1-4-11-27-22-13-21(23-15-24-22)25-10-9-20(14-25)28-19-7-5-18(6-8-19)16(2)12-17(3)26/h5-8,13,15-16,20H,4,9-12,14H2,1-3H3/t16-,20-/m1/s1. The van der Waals surface area contributed by atoms with E-state index < -0.39 is 0 Å². The number of carbonyl (C=O) groups excluding carboxylic acids is 1. The highest BCUT2D eigenvalue weighted by atomic mass is 16.5. The van der Waals surface area contributed by atoms with Crippen LogP contribution in [0.4, 0.5) is 5.82 Å². The van der Waals surface area contributed by atoms with E-state index in [-0.39, 0.29) is 17.8 Å². The van der Waals surface area contributed by atoms with Crippen molar-refractivity contribution < 1.29 is 14.3 Å². The Bertz CT molecular complexity index is 779. The molecule has 2 heterocycles. The summed E-state index contributed by atoms with van der Waals surface area (Å²) in [6, 6.07) is 9.99. The van der Waals surface area contributed by atoms with Gasteiger partial charge in [-0.25, -0.2) is 9.97 Å². The summed E-state index contributed by atoms with van der Waals surface area (Å²) in [5.74, 6) is 2.80. The first-order chi connectivity index (χ1) is 13.5. The van der Waals surface area contributed by atoms with Crippen LogP contribution < -0.4 is 14.4 Å². The number of hydrogen-bond donors (Lipinski definition) is 0. The Labute approximate surface area is 166 Å². The molecule has 1 fully saturated rings. The van der Waals surface area contributed by atoms with Gasteiger partial charge in [-0.1, -0.05) is 26.0 Å². The van der Waals surface area contributed by atoms with Crippen molar-refractivity contribution in [2.45, 2.75) is 52.1 Å². The predicted octanol–water partition coefficient (Wildman–Crippen LogP) is 4.01. The maximum Gasteiger partial charge on any atom is 0.218 e. The molecule has 3 rings (SSSR count). The molecule has 1 aromatic heterocycles. The number of nitrogens with zero attached hydrogens (tertiary/aromatic N) is 3. The number of ether oxygens (including phenoxy) is 2. The fraction of sp³-hybridized carbons (Fsp3) is 0.500. The molecule has 1 aliphatic rings. The molecular formula is C22H29N3O3. The van der Waals surface area contributed by atoms with Crippen molar-refractivity contribution in [2.75, 3.05) is 24.6 Å². The molecule has 1 aromatic carbocycles. The minimum Gasteiger partial charge on any atom is -0.489 e. The van der Waals surface area contributed by atoms with E-state index in [1.165, 1.54) is 0 Å². The maximum atomic E-state index is 11.3. The molecule has 6 nitrogen and oxygen atoms in total. The summed E-state index contributed by atoms with van der Waals surface area (Å²) in [7, 11) is 0. The molecule has 0 saturated carbocycles. The minimum absolute atomic E-state index is 0.121. The van der Waals surface area contributed by atoms with Crippen LogP contribution in [0.5, 0.6) is 11.6 Å². The van der Waals surface area contributed by atoms with Crippen molar-refractivity contribution in [1.82, 2.24) is 9.97 Å². The van der Waals surface area contributed by atoms with E-state index in [2.05, 4.69) is 40.8 Å². The lowest BCUT2D eigenvalue weighted by molar-refractivity contribution is -0.117. The number of carbonyl (C=O) groups is 1. The molecule has 28 heavy (non-hydrogen) atoms. The number of Topliss-reactive ketones (excluding diaryl/α,β-unsaturated/α-hetero) is 1. The molecule has 0 bridgehead atoms. The number of benzene rings is 1. The Kier molecular flexibility index (Phi) is 6.85. The highest BCUT2D eigenvalue weighted by Gasteiger charge is 2.25. The molecule has 2 atom stereocenters. The van der Waals surface area contributed by atoms with Crippen LogP contribution >= 0.6 is 0 Å². The second-order valence-corrected chi connectivity index (χ2v) is 7.41. The molecule has 2 aromatic rings. The Morgan fingerprint density at radius 2 is 2.07 bits per heavy atom. The third-order valence-corrected chi connectivity index (χ3v) is 4.90. The zero-order valence-electron chi connectivity index (χ0n) is 16.9. The smallest absolute Gasteiger partial charge is 0.218 e. The fourth-order valence-electron chi connectivity index (χ4n) is 3.44. The average molecular weight is 383 g/mol. The van der Waals surface area contributed by atoms with Crippen molar-refractivity contribution in [3.8, 4) is 11.6 Å². The van der Waals surface area contributed by atoms with Crippen molar-refractivity contribution >= 4 is 11.6 Å². The number of anilines is 1. The highest BCUT2D eigenvalue weighted by Crippen LogP contribution is 2.26. The normalized spacial score (nSPS) is 17.4. The summed E-state index contributed by atoms with van der Waals surface area (Å²) >= 11 is 0. The molecule has 150 valence electrons. The van der Waals surface area contributed by atoms with Crippen molar-refractivity contribution in [3.63, 3.8) is 0 Å². The van der Waals surface area contributed by atoms with Gasteiger partial charge in [0.05, 0.1) is 13.2 Å². The van der Waals surface area contributed by atoms with Gasteiger partial charge < -0.3 is 19.2 Å². The van der Waals surface area contributed by atoms with Crippen LogP contribution in [0.25, 0.3) is 0 Å². The summed E-state index contributed by atoms with van der Waals surface area (Å²) in [4.78, 5) is 22.0. The lowest BCUT2D eigenvalue weighted by Gasteiger charge is -2.18. The van der Waals surface area contributed by atoms with Crippen molar-refractivity contribution in [3.05, 3.63) is 42.2 Å². The van der Waals surface area contributed by atoms with Crippen LogP contribution in [-0.4, -0.2) is 41.6 Å². The van der Waals surface area contributed by atoms with Crippen LogP contribution in [-0.2, 0) is 4.79 Å².